The topological polar surface area (TPSA) is 108 Å². The molecule has 0 aliphatic carbocycles. The van der Waals surface area contributed by atoms with Gasteiger partial charge in [0, 0.05) is 0 Å². The zero-order chi connectivity index (χ0) is 12.9. The molecule has 0 saturated heterocycles. The molecule has 2 N–H and O–H groups in total. The van der Waals surface area contributed by atoms with E-state index in [4.69, 9.17) is 5.26 Å². The number of anilines is 1. The second kappa shape index (κ2) is 5.18. The molecule has 0 aliphatic heterocycles. The summed E-state index contributed by atoms with van der Waals surface area (Å²) < 4.78 is 30.6. The van der Waals surface area contributed by atoms with Crippen LogP contribution in [0.5, 0.6) is 0 Å². The molecule has 0 aromatic heterocycles. The summed E-state index contributed by atoms with van der Waals surface area (Å²) in [6, 6.07) is 7.79. The summed E-state index contributed by atoms with van der Waals surface area (Å²) in [6.45, 7) is 0. The van der Waals surface area contributed by atoms with Crippen LogP contribution in [-0.2, 0) is 14.9 Å². The average Bonchev–Trinajstić information content (AvgIpc) is 2.28. The molecule has 8 heteroatoms. The summed E-state index contributed by atoms with van der Waals surface area (Å²) in [5.41, 5.74) is 0.217. The van der Waals surface area contributed by atoms with Crippen molar-refractivity contribution in [2.45, 2.75) is 0 Å². The minimum Gasteiger partial charge on any atom is -0.452 e. The van der Waals surface area contributed by atoms with E-state index in [-0.39, 0.29) is 11.3 Å². The van der Waals surface area contributed by atoms with Gasteiger partial charge in [0.15, 0.2) is 0 Å². The molecule has 1 aromatic carbocycles. The first-order chi connectivity index (χ1) is 7.98. The minimum atomic E-state index is -4.10. The van der Waals surface area contributed by atoms with E-state index in [0.717, 1.165) is 7.11 Å². The number of rotatable bonds is 3. The number of carbonyl (C=O) groups excluding carboxylic acids is 1. The molecule has 0 bridgehead atoms. The Hall–Kier alpha value is -2.27. The van der Waals surface area contributed by atoms with Crippen LogP contribution in [0.3, 0.4) is 0 Å². The SMILES string of the molecule is COC(=O)NS(=O)(=O)Nc1ccccc1C#N. The van der Waals surface area contributed by atoms with E-state index in [0.29, 0.717) is 0 Å². The van der Waals surface area contributed by atoms with Gasteiger partial charge in [-0.05, 0) is 12.1 Å². The zero-order valence-corrected chi connectivity index (χ0v) is 9.61. The Kier molecular flexibility index (Phi) is 3.90. The largest absolute Gasteiger partial charge is 0.452 e. The van der Waals surface area contributed by atoms with Crippen LogP contribution in [0.25, 0.3) is 0 Å². The normalized spacial score (nSPS) is 10.1. The number of hydrogen-bond acceptors (Lipinski definition) is 5. The van der Waals surface area contributed by atoms with E-state index >= 15 is 0 Å². The zero-order valence-electron chi connectivity index (χ0n) is 8.80. The standard InChI is InChI=1S/C9H9N3O4S/c1-16-9(13)12-17(14,15)11-8-5-3-2-4-7(8)6-10/h2-5,11H,1H3,(H,12,13). The van der Waals surface area contributed by atoms with Crippen LogP contribution in [0.15, 0.2) is 24.3 Å². The van der Waals surface area contributed by atoms with Gasteiger partial charge in [0.2, 0.25) is 0 Å². The molecular weight excluding hydrogens is 246 g/mol. The Morgan fingerprint density at radius 1 is 1.41 bits per heavy atom. The third-order valence-electron chi connectivity index (χ3n) is 1.69. The summed E-state index contributed by atoms with van der Waals surface area (Å²) in [5, 5.41) is 8.75. The fourth-order valence-electron chi connectivity index (χ4n) is 0.991. The van der Waals surface area contributed by atoms with Crippen molar-refractivity contribution in [1.82, 2.24) is 4.72 Å². The Balaban J connectivity index is 2.91. The summed E-state index contributed by atoms with van der Waals surface area (Å²) in [7, 11) is -3.07. The monoisotopic (exact) mass is 255 g/mol. The van der Waals surface area contributed by atoms with Crippen molar-refractivity contribution in [3.05, 3.63) is 29.8 Å². The van der Waals surface area contributed by atoms with Crippen molar-refractivity contribution in [2.24, 2.45) is 0 Å². The first-order valence-corrected chi connectivity index (χ1v) is 5.84. The maximum atomic E-state index is 11.4. The lowest BCUT2D eigenvalue weighted by Gasteiger charge is -2.09. The van der Waals surface area contributed by atoms with Gasteiger partial charge in [-0.3, -0.25) is 4.72 Å². The molecule has 17 heavy (non-hydrogen) atoms. The highest BCUT2D eigenvalue weighted by Gasteiger charge is 2.15. The quantitative estimate of drug-likeness (QED) is 0.820. The highest BCUT2D eigenvalue weighted by atomic mass is 32.2. The number of hydrogen-bond donors (Lipinski definition) is 2. The molecule has 0 atom stereocenters. The van der Waals surface area contributed by atoms with Crippen molar-refractivity contribution >= 4 is 22.0 Å². The molecule has 1 rings (SSSR count). The Bertz CT molecular complexity index is 562. The van der Waals surface area contributed by atoms with Crippen molar-refractivity contribution in [2.75, 3.05) is 11.8 Å². The Morgan fingerprint density at radius 3 is 2.65 bits per heavy atom. The summed E-state index contributed by atoms with van der Waals surface area (Å²) in [6.07, 6.45) is -1.12. The maximum absolute atomic E-state index is 11.4. The van der Waals surface area contributed by atoms with E-state index < -0.39 is 16.3 Å². The lowest BCUT2D eigenvalue weighted by atomic mass is 10.2. The Morgan fingerprint density at radius 2 is 2.06 bits per heavy atom. The van der Waals surface area contributed by atoms with Crippen molar-refractivity contribution in [3.63, 3.8) is 0 Å². The van der Waals surface area contributed by atoms with E-state index in [1.54, 1.807) is 16.9 Å². The minimum absolute atomic E-state index is 0.0754. The van der Waals surface area contributed by atoms with Crippen LogP contribution < -0.4 is 9.44 Å². The molecule has 1 amide bonds. The van der Waals surface area contributed by atoms with E-state index in [1.807, 2.05) is 10.8 Å². The van der Waals surface area contributed by atoms with Gasteiger partial charge in [0.05, 0.1) is 18.4 Å². The van der Waals surface area contributed by atoms with Gasteiger partial charge in [0.25, 0.3) is 0 Å². The van der Waals surface area contributed by atoms with E-state index in [1.165, 1.54) is 12.1 Å². The van der Waals surface area contributed by atoms with Gasteiger partial charge in [-0.1, -0.05) is 12.1 Å². The smallest absolute Gasteiger partial charge is 0.422 e. The third-order valence-corrected chi connectivity index (χ3v) is 2.62. The number of nitrogens with zero attached hydrogens (tertiary/aromatic N) is 1. The second-order valence-corrected chi connectivity index (χ2v) is 4.27. The van der Waals surface area contributed by atoms with Crippen molar-refractivity contribution in [3.8, 4) is 6.07 Å². The number of nitriles is 1. The van der Waals surface area contributed by atoms with Gasteiger partial charge in [0.1, 0.15) is 6.07 Å². The van der Waals surface area contributed by atoms with Crippen LogP contribution in [0, 0.1) is 11.3 Å². The van der Waals surface area contributed by atoms with Crippen molar-refractivity contribution in [1.29, 1.82) is 5.26 Å². The molecule has 0 fully saturated rings. The molecule has 90 valence electrons. The predicted molar refractivity (Wildman–Crippen MR) is 59.2 cm³/mol. The number of methoxy groups -OCH3 is 1. The van der Waals surface area contributed by atoms with Crippen LogP contribution in [0.2, 0.25) is 0 Å². The van der Waals surface area contributed by atoms with Gasteiger partial charge in [-0.25, -0.2) is 9.52 Å². The first kappa shape index (κ1) is 12.8. The summed E-state index contributed by atoms with van der Waals surface area (Å²) >= 11 is 0. The number of nitrogens with one attached hydrogen (secondary N) is 2. The number of amides is 1. The summed E-state index contributed by atoms with van der Waals surface area (Å²) in [4.78, 5) is 10.8. The number of carbonyl (C=O) groups is 1. The van der Waals surface area contributed by atoms with Crippen LogP contribution in [0.4, 0.5) is 10.5 Å². The fraction of sp³-hybridized carbons (Fsp3) is 0.111. The molecule has 1 aromatic rings. The number of benzene rings is 1. The van der Waals surface area contributed by atoms with Gasteiger partial charge in [-0.2, -0.15) is 13.7 Å². The molecule has 0 heterocycles. The molecule has 0 spiro atoms. The molecular formula is C9H9N3O4S. The predicted octanol–water partition coefficient (Wildman–Crippen LogP) is 0.571. The molecule has 0 aliphatic rings. The number of para-hydroxylation sites is 1. The second-order valence-electron chi connectivity index (χ2n) is 2.86. The Labute approximate surface area is 98.2 Å². The van der Waals surface area contributed by atoms with Gasteiger partial charge >= 0.3 is 16.3 Å². The van der Waals surface area contributed by atoms with Gasteiger partial charge in [-0.15, -0.1) is 0 Å². The lowest BCUT2D eigenvalue weighted by molar-refractivity contribution is 0.177. The highest BCUT2D eigenvalue weighted by Crippen LogP contribution is 2.14. The van der Waals surface area contributed by atoms with Crippen LogP contribution in [0.1, 0.15) is 5.56 Å². The fourth-order valence-corrected chi connectivity index (χ4v) is 1.81. The highest BCUT2D eigenvalue weighted by molar-refractivity contribution is 7.91. The lowest BCUT2D eigenvalue weighted by Crippen LogP contribution is -2.35. The van der Waals surface area contributed by atoms with Crippen LogP contribution >= 0.6 is 0 Å². The van der Waals surface area contributed by atoms with Crippen molar-refractivity contribution < 1.29 is 17.9 Å². The molecule has 0 radical (unpaired) electrons. The third kappa shape index (κ3) is 3.66. The molecule has 0 saturated carbocycles. The van der Waals surface area contributed by atoms with E-state index in [9.17, 15) is 13.2 Å². The molecule has 7 nitrogen and oxygen atoms in total. The summed E-state index contributed by atoms with van der Waals surface area (Å²) in [5.74, 6) is 0. The number of ether oxygens (including phenoxy) is 1. The first-order valence-electron chi connectivity index (χ1n) is 4.36. The molecule has 0 unspecified atom stereocenters. The maximum Gasteiger partial charge on any atom is 0.422 e. The average molecular weight is 255 g/mol. The van der Waals surface area contributed by atoms with Crippen LogP contribution in [-0.4, -0.2) is 21.6 Å². The van der Waals surface area contributed by atoms with E-state index in [2.05, 4.69) is 4.74 Å². The van der Waals surface area contributed by atoms with Gasteiger partial charge < -0.3 is 4.74 Å².